The molecular formula is C14H16NO. The van der Waals surface area contributed by atoms with Crippen LogP contribution in [0.15, 0.2) is 35.1 Å². The van der Waals surface area contributed by atoms with Gasteiger partial charge in [-0.15, -0.1) is 0 Å². The maximum absolute atomic E-state index is 11.8. The lowest BCUT2D eigenvalue weighted by Crippen LogP contribution is -2.12. The van der Waals surface area contributed by atoms with Crippen LogP contribution in [0.5, 0.6) is 0 Å². The Morgan fingerprint density at radius 2 is 2.00 bits per heavy atom. The van der Waals surface area contributed by atoms with E-state index in [0.717, 1.165) is 42.1 Å². The minimum Gasteiger partial charge on any atom is -0.322 e. The first-order valence-electron chi connectivity index (χ1n) is 5.71. The van der Waals surface area contributed by atoms with Crippen molar-refractivity contribution >= 4 is 10.9 Å². The minimum absolute atomic E-state index is 0.0442. The Hall–Kier alpha value is -1.57. The zero-order valence-corrected chi connectivity index (χ0v) is 9.33. The quantitative estimate of drug-likeness (QED) is 0.779. The van der Waals surface area contributed by atoms with Crippen LogP contribution in [0, 0.1) is 6.92 Å². The molecule has 1 heterocycles. The van der Waals surface area contributed by atoms with Crippen LogP contribution in [-0.4, -0.2) is 4.98 Å². The summed E-state index contributed by atoms with van der Waals surface area (Å²) in [6.07, 6.45) is 3.89. The monoisotopic (exact) mass is 214 g/mol. The molecule has 0 aliphatic heterocycles. The summed E-state index contributed by atoms with van der Waals surface area (Å²) in [7, 11) is 0. The molecule has 0 atom stereocenters. The highest BCUT2D eigenvalue weighted by Crippen LogP contribution is 2.11. The number of nitrogens with one attached hydrogen (secondary N) is 1. The van der Waals surface area contributed by atoms with Gasteiger partial charge in [-0.2, -0.15) is 0 Å². The maximum Gasteiger partial charge on any atom is 0.251 e. The number of H-pyrrole nitrogens is 1. The third-order valence-electron chi connectivity index (χ3n) is 2.78. The summed E-state index contributed by atoms with van der Waals surface area (Å²) in [4.78, 5) is 14.7. The van der Waals surface area contributed by atoms with Gasteiger partial charge in [-0.05, 0) is 30.4 Å². The fourth-order valence-corrected chi connectivity index (χ4v) is 1.87. The van der Waals surface area contributed by atoms with Crippen molar-refractivity contribution in [2.45, 2.75) is 25.7 Å². The van der Waals surface area contributed by atoms with E-state index < -0.39 is 0 Å². The van der Waals surface area contributed by atoms with E-state index in [4.69, 9.17) is 0 Å². The van der Waals surface area contributed by atoms with Gasteiger partial charge in [0, 0.05) is 11.1 Å². The molecular weight excluding hydrogens is 198 g/mol. The molecule has 1 radical (unpaired) electrons. The number of hydrogen-bond acceptors (Lipinski definition) is 1. The number of para-hydroxylation sites is 1. The lowest BCUT2D eigenvalue weighted by molar-refractivity contribution is 0.741. The maximum atomic E-state index is 11.8. The first-order valence-corrected chi connectivity index (χ1v) is 5.71. The molecule has 2 heteroatoms. The Labute approximate surface area is 95.3 Å². The van der Waals surface area contributed by atoms with Gasteiger partial charge in [0.25, 0.3) is 5.56 Å². The average molecular weight is 214 g/mol. The van der Waals surface area contributed by atoms with Gasteiger partial charge < -0.3 is 4.98 Å². The molecule has 0 fully saturated rings. The predicted octanol–water partition coefficient (Wildman–Crippen LogP) is 3.07. The van der Waals surface area contributed by atoms with Crippen molar-refractivity contribution in [3.63, 3.8) is 0 Å². The predicted molar refractivity (Wildman–Crippen MR) is 67.5 cm³/mol. The van der Waals surface area contributed by atoms with E-state index in [2.05, 4.69) is 11.9 Å². The molecule has 0 aliphatic rings. The van der Waals surface area contributed by atoms with Gasteiger partial charge in [0.15, 0.2) is 0 Å². The molecule has 2 aromatic rings. The molecule has 2 nitrogen and oxygen atoms in total. The lowest BCUT2D eigenvalue weighted by atomic mass is 10.1. The van der Waals surface area contributed by atoms with Crippen molar-refractivity contribution in [1.29, 1.82) is 0 Å². The number of aromatic nitrogens is 1. The van der Waals surface area contributed by atoms with E-state index in [1.54, 1.807) is 0 Å². The van der Waals surface area contributed by atoms with Crippen molar-refractivity contribution in [3.05, 3.63) is 53.2 Å². The number of benzene rings is 1. The zero-order chi connectivity index (χ0) is 11.4. The van der Waals surface area contributed by atoms with Crippen LogP contribution >= 0.6 is 0 Å². The van der Waals surface area contributed by atoms with E-state index in [1.807, 2.05) is 30.3 Å². The highest BCUT2D eigenvalue weighted by atomic mass is 16.1. The third kappa shape index (κ3) is 2.32. The molecule has 0 unspecified atom stereocenters. The van der Waals surface area contributed by atoms with E-state index in [9.17, 15) is 4.79 Å². The van der Waals surface area contributed by atoms with Gasteiger partial charge >= 0.3 is 0 Å². The zero-order valence-electron chi connectivity index (χ0n) is 9.33. The van der Waals surface area contributed by atoms with E-state index in [0.29, 0.717) is 0 Å². The second-order valence-electron chi connectivity index (χ2n) is 4.02. The number of aromatic amines is 1. The fourth-order valence-electron chi connectivity index (χ4n) is 1.87. The highest BCUT2D eigenvalue weighted by molar-refractivity contribution is 5.78. The summed E-state index contributed by atoms with van der Waals surface area (Å²) in [5.41, 5.74) is 1.84. The summed E-state index contributed by atoms with van der Waals surface area (Å²) >= 11 is 0. The summed E-state index contributed by atoms with van der Waals surface area (Å²) in [5, 5.41) is 1.10. The minimum atomic E-state index is 0.0442. The molecule has 0 aliphatic carbocycles. The van der Waals surface area contributed by atoms with Crippen molar-refractivity contribution in [1.82, 2.24) is 4.98 Å². The van der Waals surface area contributed by atoms with Gasteiger partial charge in [0.05, 0.1) is 0 Å². The second-order valence-corrected chi connectivity index (χ2v) is 4.02. The number of pyridine rings is 1. The molecule has 1 aromatic heterocycles. The summed E-state index contributed by atoms with van der Waals surface area (Å²) < 4.78 is 0. The normalized spacial score (nSPS) is 10.8. The van der Waals surface area contributed by atoms with Crippen molar-refractivity contribution in [3.8, 4) is 0 Å². The molecule has 16 heavy (non-hydrogen) atoms. The van der Waals surface area contributed by atoms with Crippen LogP contribution in [0.2, 0.25) is 0 Å². The topological polar surface area (TPSA) is 32.9 Å². The lowest BCUT2D eigenvalue weighted by Gasteiger charge is -2.02. The fraction of sp³-hybridized carbons (Fsp3) is 0.286. The molecule has 83 valence electrons. The highest BCUT2D eigenvalue weighted by Gasteiger charge is 2.01. The van der Waals surface area contributed by atoms with Crippen molar-refractivity contribution in [2.75, 3.05) is 0 Å². The van der Waals surface area contributed by atoms with Crippen molar-refractivity contribution < 1.29 is 0 Å². The Balaban J connectivity index is 2.31. The number of hydrogen-bond donors (Lipinski definition) is 1. The summed E-state index contributed by atoms with van der Waals surface area (Å²) in [6, 6.07) is 9.87. The Bertz CT molecular complexity index is 527. The molecule has 1 N–H and O–H groups in total. The molecule has 1 aromatic carbocycles. The van der Waals surface area contributed by atoms with Gasteiger partial charge in [0.1, 0.15) is 0 Å². The van der Waals surface area contributed by atoms with Gasteiger partial charge in [-0.25, -0.2) is 0 Å². The van der Waals surface area contributed by atoms with Gasteiger partial charge in [0.2, 0.25) is 0 Å². The van der Waals surface area contributed by atoms with E-state index >= 15 is 0 Å². The average Bonchev–Trinajstić information content (AvgIpc) is 2.30. The molecule has 0 amide bonds. The molecule has 0 spiro atoms. The largest absolute Gasteiger partial charge is 0.322 e. The Kier molecular flexibility index (Phi) is 3.40. The van der Waals surface area contributed by atoms with Crippen LogP contribution in [0.25, 0.3) is 10.9 Å². The van der Waals surface area contributed by atoms with Crippen molar-refractivity contribution in [2.24, 2.45) is 0 Å². The molecule has 0 bridgehead atoms. The number of rotatable bonds is 4. The smallest absolute Gasteiger partial charge is 0.251 e. The van der Waals surface area contributed by atoms with Crippen LogP contribution in [0.1, 0.15) is 24.8 Å². The summed E-state index contributed by atoms with van der Waals surface area (Å²) in [6.45, 7) is 3.80. The molecule has 0 saturated carbocycles. The molecule has 2 rings (SSSR count). The number of unbranched alkanes of at least 4 members (excludes halogenated alkanes) is 2. The van der Waals surface area contributed by atoms with Crippen LogP contribution < -0.4 is 5.56 Å². The van der Waals surface area contributed by atoms with Crippen LogP contribution in [0.4, 0.5) is 0 Å². The van der Waals surface area contributed by atoms with Crippen LogP contribution in [-0.2, 0) is 6.42 Å². The SMILES string of the molecule is [CH2]CCCCc1cc2ccccc2[nH]c1=O. The molecule has 0 saturated heterocycles. The summed E-state index contributed by atoms with van der Waals surface area (Å²) in [5.74, 6) is 0. The van der Waals surface area contributed by atoms with Gasteiger partial charge in [-0.3, -0.25) is 4.79 Å². The van der Waals surface area contributed by atoms with Gasteiger partial charge in [-0.1, -0.05) is 38.0 Å². The number of aryl methyl sites for hydroxylation is 1. The first-order chi connectivity index (χ1) is 7.81. The van der Waals surface area contributed by atoms with E-state index in [1.165, 1.54) is 0 Å². The van der Waals surface area contributed by atoms with E-state index in [-0.39, 0.29) is 5.56 Å². The Morgan fingerprint density at radius 1 is 1.19 bits per heavy atom. The number of fused-ring (bicyclic) bond motifs is 1. The third-order valence-corrected chi connectivity index (χ3v) is 2.78. The Morgan fingerprint density at radius 3 is 2.81 bits per heavy atom. The first kappa shape index (κ1) is 10.9. The van der Waals surface area contributed by atoms with Crippen LogP contribution in [0.3, 0.4) is 0 Å². The standard InChI is InChI=1S/C14H16NO/c1-2-3-4-8-12-10-11-7-5-6-9-13(11)15-14(12)16/h5-7,9-10H,1-4,8H2,(H,15,16). The second kappa shape index (κ2) is 4.97.